The lowest BCUT2D eigenvalue weighted by Crippen LogP contribution is -2.33. The van der Waals surface area contributed by atoms with Crippen molar-refractivity contribution in [3.8, 4) is 0 Å². The monoisotopic (exact) mass is 236 g/mol. The van der Waals surface area contributed by atoms with Crippen molar-refractivity contribution in [3.63, 3.8) is 0 Å². The van der Waals surface area contributed by atoms with Crippen LogP contribution in [0.2, 0.25) is 0 Å². The third-order valence-electron chi connectivity index (χ3n) is 2.19. The van der Waals surface area contributed by atoms with Crippen LogP contribution in [0.4, 0.5) is 0 Å². The Morgan fingerprint density at radius 2 is 2.29 bits per heavy atom. The van der Waals surface area contributed by atoms with Crippen molar-refractivity contribution in [1.82, 2.24) is 5.48 Å². The van der Waals surface area contributed by atoms with E-state index in [9.17, 15) is 0 Å². The van der Waals surface area contributed by atoms with E-state index in [0.29, 0.717) is 5.90 Å². The maximum Gasteiger partial charge on any atom is 0.208 e. The Morgan fingerprint density at radius 1 is 1.53 bits per heavy atom. The fourth-order valence-electron chi connectivity index (χ4n) is 1.67. The van der Waals surface area contributed by atoms with Crippen molar-refractivity contribution in [2.45, 2.75) is 38.8 Å². The van der Waals surface area contributed by atoms with Crippen LogP contribution in [0.15, 0.2) is 42.3 Å². The summed E-state index contributed by atoms with van der Waals surface area (Å²) >= 11 is 0. The lowest BCUT2D eigenvalue weighted by Gasteiger charge is -2.30. The van der Waals surface area contributed by atoms with Gasteiger partial charge in [-0.2, -0.15) is 0 Å². The molecule has 0 aromatic carbocycles. The van der Waals surface area contributed by atoms with Gasteiger partial charge in [-0.1, -0.05) is 6.58 Å². The summed E-state index contributed by atoms with van der Waals surface area (Å²) in [6.45, 7) is 9.90. The number of hydroxylamine groups is 1. The first kappa shape index (κ1) is 13.4. The number of rotatable bonds is 1. The summed E-state index contributed by atoms with van der Waals surface area (Å²) < 4.78 is 5.40. The molecule has 94 valence electrons. The normalized spacial score (nSPS) is 24.2. The van der Waals surface area contributed by atoms with Crippen LogP contribution < -0.4 is 5.48 Å². The average Bonchev–Trinajstić information content (AvgIpc) is 2.29. The van der Waals surface area contributed by atoms with Gasteiger partial charge in [0.1, 0.15) is 6.26 Å². The second-order valence-corrected chi connectivity index (χ2v) is 4.52. The third-order valence-corrected chi connectivity index (χ3v) is 2.19. The predicted molar refractivity (Wildman–Crippen MR) is 69.4 cm³/mol. The molecule has 0 amide bonds. The van der Waals surface area contributed by atoms with Crippen molar-refractivity contribution in [1.29, 1.82) is 0 Å². The summed E-state index contributed by atoms with van der Waals surface area (Å²) in [7, 11) is 0. The number of ether oxygens (including phenoxy) is 1. The number of aliphatic imine (C=N–C) groups is 1. The van der Waals surface area contributed by atoms with E-state index < -0.39 is 0 Å². The topological polar surface area (TPSA) is 42.8 Å². The zero-order valence-corrected chi connectivity index (χ0v) is 10.6. The fraction of sp³-hybridized carbons (Fsp3) is 0.462. The van der Waals surface area contributed by atoms with Crippen LogP contribution in [0, 0.1) is 0 Å². The molecule has 2 aliphatic heterocycles. The van der Waals surface area contributed by atoms with Crippen molar-refractivity contribution in [2.24, 2.45) is 4.99 Å². The Hall–Kier alpha value is -1.71. The molecule has 0 fully saturated rings. The van der Waals surface area contributed by atoms with Gasteiger partial charge in [0.05, 0.1) is 11.6 Å². The lowest BCUT2D eigenvalue weighted by atomic mass is 9.97. The van der Waals surface area contributed by atoms with E-state index >= 15 is 0 Å². The summed E-state index contributed by atoms with van der Waals surface area (Å²) in [6, 6.07) is 0. The lowest BCUT2D eigenvalue weighted by molar-refractivity contribution is 0.147. The van der Waals surface area contributed by atoms with Crippen LogP contribution in [0.5, 0.6) is 0 Å². The number of hydrogen-bond donors (Lipinski definition) is 1. The van der Waals surface area contributed by atoms with Gasteiger partial charge in [0.15, 0.2) is 0 Å². The van der Waals surface area contributed by atoms with Gasteiger partial charge in [-0.3, -0.25) is 0 Å². The zero-order valence-electron chi connectivity index (χ0n) is 10.6. The first-order chi connectivity index (χ1) is 8.03. The Morgan fingerprint density at radius 3 is 2.65 bits per heavy atom. The minimum atomic E-state index is 0.0151. The molecular formula is C13H20N2O2. The van der Waals surface area contributed by atoms with Crippen LogP contribution in [0.25, 0.3) is 0 Å². The van der Waals surface area contributed by atoms with E-state index in [-0.39, 0.29) is 11.6 Å². The molecule has 0 saturated heterocycles. The van der Waals surface area contributed by atoms with Crippen molar-refractivity contribution in [2.75, 3.05) is 0 Å². The van der Waals surface area contributed by atoms with Gasteiger partial charge >= 0.3 is 0 Å². The van der Waals surface area contributed by atoms with Gasteiger partial charge in [0, 0.05) is 12.6 Å². The van der Waals surface area contributed by atoms with Crippen LogP contribution in [-0.4, -0.2) is 17.5 Å². The molecule has 0 aromatic rings. The van der Waals surface area contributed by atoms with Gasteiger partial charge in [-0.25, -0.2) is 10.5 Å². The second kappa shape index (κ2) is 6.13. The summed E-state index contributed by atoms with van der Waals surface area (Å²) in [5, 5.41) is 0. The molecule has 4 heteroatoms. The SMILES string of the molecule is C1=CNOC=C1.C=CC1=NC(C)(C)CC(C)O1. The predicted octanol–water partition coefficient (Wildman–Crippen LogP) is 2.71. The molecule has 2 rings (SSSR count). The number of hydrogen-bond acceptors (Lipinski definition) is 4. The summed E-state index contributed by atoms with van der Waals surface area (Å²) in [5.74, 6) is 0.675. The molecule has 17 heavy (non-hydrogen) atoms. The van der Waals surface area contributed by atoms with Crippen LogP contribution in [-0.2, 0) is 9.57 Å². The van der Waals surface area contributed by atoms with Gasteiger partial charge in [-0.15, -0.1) is 0 Å². The molecule has 0 aliphatic carbocycles. The molecule has 0 bridgehead atoms. The zero-order chi connectivity index (χ0) is 12.7. The van der Waals surface area contributed by atoms with Crippen molar-refractivity contribution >= 4 is 5.90 Å². The molecule has 0 radical (unpaired) electrons. The smallest absolute Gasteiger partial charge is 0.208 e. The first-order valence-corrected chi connectivity index (χ1v) is 5.65. The number of allylic oxidation sites excluding steroid dienone is 2. The van der Waals surface area contributed by atoms with E-state index in [1.165, 1.54) is 0 Å². The molecule has 0 spiro atoms. The van der Waals surface area contributed by atoms with E-state index in [1.54, 1.807) is 24.6 Å². The minimum Gasteiger partial charge on any atom is -0.475 e. The largest absolute Gasteiger partial charge is 0.475 e. The number of nitrogens with zero attached hydrogens (tertiary/aromatic N) is 1. The van der Waals surface area contributed by atoms with Gasteiger partial charge in [0.25, 0.3) is 0 Å². The van der Waals surface area contributed by atoms with Crippen LogP contribution in [0.1, 0.15) is 27.2 Å². The molecule has 0 saturated carbocycles. The molecule has 1 unspecified atom stereocenters. The van der Waals surface area contributed by atoms with E-state index in [0.717, 1.165) is 6.42 Å². The first-order valence-electron chi connectivity index (χ1n) is 5.65. The molecule has 2 heterocycles. The Bertz CT molecular complexity index is 331. The Kier molecular flexibility index (Phi) is 4.82. The third kappa shape index (κ3) is 5.24. The molecular weight excluding hydrogens is 216 g/mol. The van der Waals surface area contributed by atoms with Crippen molar-refractivity contribution < 1.29 is 9.57 Å². The number of nitrogens with one attached hydrogen (secondary N) is 1. The molecule has 4 nitrogen and oxygen atoms in total. The fourth-order valence-corrected chi connectivity index (χ4v) is 1.67. The minimum absolute atomic E-state index is 0.0151. The molecule has 0 aromatic heterocycles. The Balaban J connectivity index is 0.000000202. The van der Waals surface area contributed by atoms with Gasteiger partial charge in [-0.05, 0) is 39.0 Å². The maximum atomic E-state index is 5.40. The highest BCUT2D eigenvalue weighted by molar-refractivity contribution is 5.87. The quantitative estimate of drug-likeness (QED) is 0.761. The molecule has 2 aliphatic rings. The highest BCUT2D eigenvalue weighted by Crippen LogP contribution is 2.23. The summed E-state index contributed by atoms with van der Waals surface area (Å²) in [6.07, 6.45) is 9.83. The van der Waals surface area contributed by atoms with Crippen LogP contribution >= 0.6 is 0 Å². The summed E-state index contributed by atoms with van der Waals surface area (Å²) in [4.78, 5) is 8.91. The highest BCUT2D eigenvalue weighted by Gasteiger charge is 2.26. The van der Waals surface area contributed by atoms with E-state index in [2.05, 4.69) is 42.7 Å². The van der Waals surface area contributed by atoms with Crippen LogP contribution in [0.3, 0.4) is 0 Å². The summed E-state index contributed by atoms with van der Waals surface area (Å²) in [5.41, 5.74) is 2.53. The Labute approximate surface area is 103 Å². The molecule has 1 atom stereocenters. The van der Waals surface area contributed by atoms with Crippen molar-refractivity contribution in [3.05, 3.63) is 37.3 Å². The highest BCUT2D eigenvalue weighted by atomic mass is 16.6. The van der Waals surface area contributed by atoms with E-state index in [1.807, 2.05) is 6.08 Å². The van der Waals surface area contributed by atoms with Gasteiger partial charge in [0.2, 0.25) is 5.90 Å². The average molecular weight is 236 g/mol. The molecule has 1 N–H and O–H groups in total. The maximum absolute atomic E-state index is 5.40. The second-order valence-electron chi connectivity index (χ2n) is 4.52. The van der Waals surface area contributed by atoms with E-state index in [4.69, 9.17) is 4.74 Å². The van der Waals surface area contributed by atoms with Gasteiger partial charge < -0.3 is 9.57 Å². The standard InChI is InChI=1S/C9H15NO.C4H5NO/c1-5-8-10-9(3,4)6-7(2)11-8;1-2-4-6-5-3-1/h5,7H,1,6H2,2-4H3;1-5H.